The molecule has 4 aromatic rings. The van der Waals surface area contributed by atoms with Crippen LogP contribution in [0, 0.1) is 0 Å². The van der Waals surface area contributed by atoms with Crippen LogP contribution >= 0.6 is 0 Å². The van der Waals surface area contributed by atoms with Crippen molar-refractivity contribution in [1.29, 1.82) is 0 Å². The molecule has 139 valence electrons. The van der Waals surface area contributed by atoms with E-state index in [9.17, 15) is 0 Å². The predicted octanol–water partition coefficient (Wildman–Crippen LogP) is 3.93. The second kappa shape index (κ2) is 7.89. The van der Waals surface area contributed by atoms with Gasteiger partial charge >= 0.3 is 169 Å². The van der Waals surface area contributed by atoms with Crippen LogP contribution in [-0.4, -0.2) is 6.61 Å². The maximum atomic E-state index is 7.15. The summed E-state index contributed by atoms with van der Waals surface area (Å²) in [6.07, 6.45) is 0. The van der Waals surface area contributed by atoms with Crippen LogP contribution in [0.3, 0.4) is 0 Å². The van der Waals surface area contributed by atoms with Gasteiger partial charge in [0.05, 0.1) is 0 Å². The van der Waals surface area contributed by atoms with Gasteiger partial charge in [0.1, 0.15) is 0 Å². The molecule has 0 saturated carbocycles. The van der Waals surface area contributed by atoms with Crippen LogP contribution in [0.1, 0.15) is 6.92 Å². The zero-order valence-electron chi connectivity index (χ0n) is 16.2. The summed E-state index contributed by atoms with van der Waals surface area (Å²) < 4.78 is 12.3. The van der Waals surface area contributed by atoms with Crippen LogP contribution in [0.5, 0.6) is 0 Å². The average Bonchev–Trinajstić information content (AvgIpc) is 2.80. The van der Waals surface area contributed by atoms with Crippen molar-refractivity contribution in [3.05, 3.63) is 121 Å². The molecule has 0 heterocycles. The zero-order valence-corrected chi connectivity index (χ0v) is 17.7. The molecule has 0 saturated heterocycles. The van der Waals surface area contributed by atoms with Crippen molar-refractivity contribution < 1.29 is 19.0 Å². The molecule has 0 bridgehead atoms. The molecule has 0 unspecified atom stereocenters. The van der Waals surface area contributed by atoms with Crippen LogP contribution in [0.15, 0.2) is 121 Å². The Bertz CT molecular complexity index is 845. The number of hydrogen-bond acceptors (Lipinski definition) is 1. The molecule has 0 aliphatic carbocycles. The van der Waals surface area contributed by atoms with E-state index in [0.717, 1.165) is 0 Å². The number of rotatable bonds is 6. The number of benzene rings is 4. The fourth-order valence-corrected chi connectivity index (χ4v) is 14.9. The molecule has 0 fully saturated rings. The van der Waals surface area contributed by atoms with Gasteiger partial charge in [-0.1, -0.05) is 0 Å². The van der Waals surface area contributed by atoms with Crippen LogP contribution in [0.2, 0.25) is 0 Å². The van der Waals surface area contributed by atoms with Crippen molar-refractivity contribution in [3.63, 3.8) is 0 Å². The van der Waals surface area contributed by atoms with Gasteiger partial charge in [-0.15, -0.1) is 0 Å². The second-order valence-electron chi connectivity index (χ2n) is 7.06. The molecule has 0 aliphatic rings. The van der Waals surface area contributed by atoms with Crippen LogP contribution in [0.4, 0.5) is 0 Å². The Morgan fingerprint density at radius 2 is 0.714 bits per heavy atom. The van der Waals surface area contributed by atoms with E-state index in [1.165, 1.54) is 15.5 Å². The van der Waals surface area contributed by atoms with Crippen molar-refractivity contribution >= 4 is 15.5 Å². The Kier molecular flexibility index (Phi) is 5.32. The molecule has 0 radical (unpaired) electrons. The summed E-state index contributed by atoms with van der Waals surface area (Å²) in [6, 6.07) is 43.4. The summed E-state index contributed by atoms with van der Waals surface area (Å²) in [4.78, 5) is 0. The van der Waals surface area contributed by atoms with Crippen LogP contribution in [0.25, 0.3) is 0 Å². The summed E-state index contributed by atoms with van der Waals surface area (Å²) in [5, 5.41) is 0. The zero-order chi connectivity index (χ0) is 19.3. The third-order valence-electron chi connectivity index (χ3n) is 5.73. The van der Waals surface area contributed by atoms with Gasteiger partial charge < -0.3 is 0 Å². The SMILES string of the molecule is CC[O][Ti]([c]1ccccc1)([c]1ccccc1)([c]1ccccc1)[c]1ccccc1. The molecule has 0 spiro atoms. The standard InChI is InChI=1S/4C6H5.C2H5O.Ti/c4*1-2-4-6-5-3-1;1-2-3;/h4*1-5H;2H2,1H3;/q;;;;-1;+1. The Hall–Kier alpha value is -2.45. The van der Waals surface area contributed by atoms with Crippen molar-refractivity contribution in [2.45, 2.75) is 6.92 Å². The maximum absolute atomic E-state index is 7.15. The van der Waals surface area contributed by atoms with Crippen molar-refractivity contribution in [2.75, 3.05) is 6.61 Å². The first-order valence-electron chi connectivity index (χ1n) is 9.84. The fraction of sp³-hybridized carbons (Fsp3) is 0.0769. The van der Waals surface area contributed by atoms with Crippen molar-refractivity contribution in [2.24, 2.45) is 0 Å². The molecular weight excluding hydrogens is 376 g/mol. The third-order valence-corrected chi connectivity index (χ3v) is 16.0. The summed E-state index contributed by atoms with van der Waals surface area (Å²) in [7, 11) is 0. The normalized spacial score (nSPS) is 12.8. The Labute approximate surface area is 169 Å². The fourth-order valence-electron chi connectivity index (χ4n) is 4.65. The summed E-state index contributed by atoms with van der Waals surface area (Å²) in [5.41, 5.74) is 0. The molecule has 0 atom stereocenters. The van der Waals surface area contributed by atoms with E-state index in [4.69, 9.17) is 3.32 Å². The third kappa shape index (κ3) is 2.71. The second-order valence-corrected chi connectivity index (χ2v) is 14.7. The summed E-state index contributed by atoms with van der Waals surface area (Å²) >= 11 is -4.34. The van der Waals surface area contributed by atoms with E-state index >= 15 is 0 Å². The Morgan fingerprint density at radius 1 is 0.464 bits per heavy atom. The first-order chi connectivity index (χ1) is 13.8. The molecular formula is C26H25OTi. The van der Waals surface area contributed by atoms with E-state index in [0.29, 0.717) is 6.61 Å². The Morgan fingerprint density at radius 3 is 0.929 bits per heavy atom. The van der Waals surface area contributed by atoms with E-state index in [2.05, 4.69) is 128 Å². The van der Waals surface area contributed by atoms with Crippen molar-refractivity contribution in [3.8, 4) is 0 Å². The van der Waals surface area contributed by atoms with Gasteiger partial charge in [0.2, 0.25) is 0 Å². The monoisotopic (exact) mass is 401 g/mol. The predicted molar refractivity (Wildman–Crippen MR) is 116 cm³/mol. The molecule has 4 aromatic carbocycles. The molecule has 28 heavy (non-hydrogen) atoms. The van der Waals surface area contributed by atoms with Gasteiger partial charge in [0.25, 0.3) is 0 Å². The molecule has 2 heteroatoms. The van der Waals surface area contributed by atoms with Gasteiger partial charge in [-0.3, -0.25) is 0 Å². The van der Waals surface area contributed by atoms with E-state index < -0.39 is 15.7 Å². The van der Waals surface area contributed by atoms with Gasteiger partial charge in [-0.25, -0.2) is 0 Å². The molecule has 4 rings (SSSR count). The topological polar surface area (TPSA) is 9.23 Å². The van der Waals surface area contributed by atoms with Crippen molar-refractivity contribution in [1.82, 2.24) is 0 Å². The van der Waals surface area contributed by atoms with Gasteiger partial charge in [-0.2, -0.15) is 0 Å². The summed E-state index contributed by atoms with van der Waals surface area (Å²) in [6.45, 7) is 2.76. The minimum atomic E-state index is -4.34. The number of hydrogen-bond donors (Lipinski definition) is 0. The first kappa shape index (κ1) is 18.9. The molecule has 0 amide bonds. The van der Waals surface area contributed by atoms with Gasteiger partial charge in [0.15, 0.2) is 0 Å². The van der Waals surface area contributed by atoms with E-state index in [1.54, 1.807) is 0 Å². The van der Waals surface area contributed by atoms with Gasteiger partial charge in [0, 0.05) is 0 Å². The molecule has 0 N–H and O–H groups in total. The first-order valence-corrected chi connectivity index (χ1v) is 13.6. The molecule has 0 aromatic heterocycles. The van der Waals surface area contributed by atoms with Crippen LogP contribution in [-0.2, 0) is 19.0 Å². The van der Waals surface area contributed by atoms with Crippen LogP contribution < -0.4 is 15.5 Å². The minimum absolute atomic E-state index is 0.644. The average molecular weight is 401 g/mol. The Balaban J connectivity index is 2.28. The summed E-state index contributed by atoms with van der Waals surface area (Å²) in [5.74, 6) is 0. The van der Waals surface area contributed by atoms with E-state index in [-0.39, 0.29) is 0 Å². The molecule has 1 nitrogen and oxygen atoms in total. The molecule has 0 aliphatic heterocycles. The van der Waals surface area contributed by atoms with Gasteiger partial charge in [-0.05, 0) is 0 Å². The quantitative estimate of drug-likeness (QED) is 0.445. The van der Waals surface area contributed by atoms with E-state index in [1.807, 2.05) is 0 Å².